The molecule has 0 saturated heterocycles. The highest BCUT2D eigenvalue weighted by atomic mass is 32.1. The maximum absolute atomic E-state index is 14.6. The number of carbonyl (C=O) groups is 2. The van der Waals surface area contributed by atoms with Crippen molar-refractivity contribution >= 4 is 28.5 Å². The monoisotopic (exact) mass is 549 g/mol. The van der Waals surface area contributed by atoms with Crippen LogP contribution in [0.1, 0.15) is 44.0 Å². The number of ether oxygens (including phenoxy) is 1. The number of aliphatic hydroxyl groups is 2. The summed E-state index contributed by atoms with van der Waals surface area (Å²) in [5.41, 5.74) is 2.47. The molecule has 2 rings (SSSR count). The maximum atomic E-state index is 14.6. The Bertz CT molecular complexity index is 989. The van der Waals surface area contributed by atoms with E-state index < -0.39 is 54.0 Å². The highest BCUT2D eigenvalue weighted by molar-refractivity contribution is 7.11. The van der Waals surface area contributed by atoms with E-state index in [4.69, 9.17) is 10.5 Å². The van der Waals surface area contributed by atoms with Crippen LogP contribution in [-0.4, -0.2) is 82.1 Å². The zero-order chi connectivity index (χ0) is 27.8. The van der Waals surface area contributed by atoms with Gasteiger partial charge in [-0.3, -0.25) is 15.0 Å². The highest BCUT2D eigenvalue weighted by Gasteiger charge is 2.44. The van der Waals surface area contributed by atoms with Gasteiger partial charge in [-0.05, 0) is 63.8 Å². The maximum Gasteiger partial charge on any atom is 0.319 e. The number of unbranched alkanes of at least 4 members (excludes halogenated alkanes) is 1. The van der Waals surface area contributed by atoms with Crippen molar-refractivity contribution in [2.75, 3.05) is 38.1 Å². The van der Waals surface area contributed by atoms with Crippen molar-refractivity contribution in [3.05, 3.63) is 29.4 Å². The fourth-order valence-electron chi connectivity index (χ4n) is 3.75. The Morgan fingerprint density at radius 1 is 1.24 bits per heavy atom. The molecular formula is C23H34F3N5O5S. The molecule has 3 amide bonds. The van der Waals surface area contributed by atoms with Crippen molar-refractivity contribution in [2.24, 2.45) is 11.7 Å². The fraction of sp³-hybridized carbons (Fsp3) is 0.609. The molecule has 1 aliphatic rings. The van der Waals surface area contributed by atoms with E-state index in [-0.39, 0.29) is 16.4 Å². The number of nitrogens with zero attached hydrogens (tertiary/aromatic N) is 2. The summed E-state index contributed by atoms with van der Waals surface area (Å²) in [5, 5.41) is 24.2. The molecule has 4 unspecified atom stereocenters. The largest absolute Gasteiger partial charge is 0.476 e. The van der Waals surface area contributed by atoms with Gasteiger partial charge in [0.1, 0.15) is 28.8 Å². The molecule has 6 N–H and O–H groups in total. The molecule has 0 aliphatic heterocycles. The smallest absolute Gasteiger partial charge is 0.319 e. The first-order valence-corrected chi connectivity index (χ1v) is 12.6. The Kier molecular flexibility index (Phi) is 11.3. The Labute approximate surface area is 217 Å². The van der Waals surface area contributed by atoms with Crippen LogP contribution >= 0.6 is 11.5 Å². The van der Waals surface area contributed by atoms with Crippen molar-refractivity contribution in [3.63, 3.8) is 0 Å². The number of allylic oxidation sites excluding steroid dienone is 3. The first-order valence-electron chi connectivity index (χ1n) is 11.8. The number of alkyl halides is 1. The van der Waals surface area contributed by atoms with Crippen LogP contribution in [0, 0.1) is 5.92 Å². The zero-order valence-electron chi connectivity index (χ0n) is 21.0. The standard InChI is InChI=1S/C23H34F3N5O5S/c1-13(32)10-31(11-14(2)33)9-5-4-8-28-22(35)29-21-18(19(27)34)20(30-37-21)36-12-15-16(24)6-7-17(25)23(15,3)26/h6-7,13-15,32-33H,4-5,8-12H2,1-3H3,(H2,27,34)(H2,28,29,35). The lowest BCUT2D eigenvalue weighted by Gasteiger charge is -2.30. The number of aromatic nitrogens is 1. The van der Waals surface area contributed by atoms with E-state index in [0.717, 1.165) is 13.0 Å². The number of hydrogen-bond acceptors (Lipinski definition) is 8. The predicted molar refractivity (Wildman–Crippen MR) is 134 cm³/mol. The van der Waals surface area contributed by atoms with Crippen LogP contribution in [-0.2, 0) is 0 Å². The van der Waals surface area contributed by atoms with Crippen molar-refractivity contribution in [1.82, 2.24) is 14.6 Å². The molecule has 0 saturated carbocycles. The molecule has 1 aromatic rings. The summed E-state index contributed by atoms with van der Waals surface area (Å²) < 4.78 is 51.8. The SMILES string of the molecule is CC(O)CN(CCCCNC(=O)Nc1snc(OCC2C(F)=CC=C(F)C2(C)F)c1C(N)=O)CC(C)O. The molecule has 37 heavy (non-hydrogen) atoms. The first kappa shape index (κ1) is 30.5. The molecule has 10 nitrogen and oxygen atoms in total. The molecule has 0 bridgehead atoms. The second kappa shape index (κ2) is 13.7. The third-order valence-corrected chi connectivity index (χ3v) is 6.34. The lowest BCUT2D eigenvalue weighted by atomic mass is 9.85. The number of nitrogens with two attached hydrogens (primary N) is 1. The fourth-order valence-corrected chi connectivity index (χ4v) is 4.48. The summed E-state index contributed by atoms with van der Waals surface area (Å²) in [6.07, 6.45) is 1.74. The molecule has 0 aromatic carbocycles. The van der Waals surface area contributed by atoms with E-state index in [1.165, 1.54) is 0 Å². The average molecular weight is 550 g/mol. The van der Waals surface area contributed by atoms with Gasteiger partial charge in [0, 0.05) is 19.6 Å². The van der Waals surface area contributed by atoms with Gasteiger partial charge < -0.3 is 26.0 Å². The summed E-state index contributed by atoms with van der Waals surface area (Å²) in [7, 11) is 0. The highest BCUT2D eigenvalue weighted by Crippen LogP contribution is 2.40. The van der Waals surface area contributed by atoms with Gasteiger partial charge in [0.25, 0.3) is 5.91 Å². The summed E-state index contributed by atoms with van der Waals surface area (Å²) in [4.78, 5) is 26.2. The predicted octanol–water partition coefficient (Wildman–Crippen LogP) is 2.65. The number of carbonyl (C=O) groups excluding carboxylic acids is 2. The number of nitrogens with one attached hydrogen (secondary N) is 2. The number of halogens is 3. The minimum atomic E-state index is -2.65. The molecule has 14 heteroatoms. The summed E-state index contributed by atoms with van der Waals surface area (Å²) >= 11 is 0.690. The van der Waals surface area contributed by atoms with Crippen LogP contribution in [0.2, 0.25) is 0 Å². The number of urea groups is 1. The number of aliphatic hydroxyl groups excluding tert-OH is 2. The molecular weight excluding hydrogens is 515 g/mol. The third kappa shape index (κ3) is 8.98. The second-order valence-corrected chi connectivity index (χ2v) is 9.88. The summed E-state index contributed by atoms with van der Waals surface area (Å²) in [6.45, 7) is 5.32. The zero-order valence-corrected chi connectivity index (χ0v) is 21.8. The van der Waals surface area contributed by atoms with Gasteiger partial charge in [-0.1, -0.05) is 0 Å². The van der Waals surface area contributed by atoms with Crippen LogP contribution in [0.4, 0.5) is 23.0 Å². The lowest BCUT2D eigenvalue weighted by Crippen LogP contribution is -2.37. The van der Waals surface area contributed by atoms with Crippen molar-refractivity contribution < 1.29 is 37.7 Å². The van der Waals surface area contributed by atoms with Gasteiger partial charge in [-0.15, -0.1) is 0 Å². The molecule has 208 valence electrons. The molecule has 1 aliphatic carbocycles. The van der Waals surface area contributed by atoms with Crippen LogP contribution in [0.15, 0.2) is 23.8 Å². The van der Waals surface area contributed by atoms with Gasteiger partial charge in [0.2, 0.25) is 5.88 Å². The van der Waals surface area contributed by atoms with Crippen LogP contribution in [0.3, 0.4) is 0 Å². The summed E-state index contributed by atoms with van der Waals surface area (Å²) in [6, 6.07) is -0.632. The van der Waals surface area contributed by atoms with Gasteiger partial charge in [0.05, 0.1) is 18.1 Å². The quantitative estimate of drug-likeness (QED) is 0.224. The van der Waals surface area contributed by atoms with Gasteiger partial charge in [0.15, 0.2) is 5.67 Å². The number of hydrogen-bond donors (Lipinski definition) is 5. The number of anilines is 1. The summed E-state index contributed by atoms with van der Waals surface area (Å²) in [5.74, 6) is -5.00. The molecule has 0 fully saturated rings. The van der Waals surface area contributed by atoms with Crippen LogP contribution in [0.5, 0.6) is 5.88 Å². The van der Waals surface area contributed by atoms with E-state index in [9.17, 15) is 33.0 Å². The molecule has 1 aromatic heterocycles. The molecule has 4 atom stereocenters. The average Bonchev–Trinajstić information content (AvgIpc) is 3.17. The van der Waals surface area contributed by atoms with Crippen molar-refractivity contribution in [1.29, 1.82) is 0 Å². The van der Waals surface area contributed by atoms with Crippen LogP contribution < -0.4 is 21.1 Å². The van der Waals surface area contributed by atoms with E-state index in [1.54, 1.807) is 13.8 Å². The Morgan fingerprint density at radius 2 is 1.89 bits per heavy atom. The minimum Gasteiger partial charge on any atom is -0.476 e. The molecule has 0 spiro atoms. The molecule has 1 heterocycles. The Balaban J connectivity index is 1.88. The number of amides is 3. The van der Waals surface area contributed by atoms with E-state index >= 15 is 0 Å². The van der Waals surface area contributed by atoms with Crippen molar-refractivity contribution in [2.45, 2.75) is 51.5 Å². The van der Waals surface area contributed by atoms with Gasteiger partial charge in [-0.25, -0.2) is 18.0 Å². The van der Waals surface area contributed by atoms with Gasteiger partial charge >= 0.3 is 6.03 Å². The van der Waals surface area contributed by atoms with Crippen molar-refractivity contribution in [3.8, 4) is 5.88 Å². The topological polar surface area (TPSA) is 150 Å². The second-order valence-electron chi connectivity index (χ2n) is 9.11. The van der Waals surface area contributed by atoms with E-state index in [1.807, 2.05) is 4.90 Å². The first-order chi connectivity index (χ1) is 17.3. The normalized spacial score (nSPS) is 21.2. The van der Waals surface area contributed by atoms with E-state index in [2.05, 4.69) is 15.0 Å². The molecule has 0 radical (unpaired) electrons. The lowest BCUT2D eigenvalue weighted by molar-refractivity contribution is 0.0782. The number of primary amides is 1. The van der Waals surface area contributed by atoms with E-state index in [0.29, 0.717) is 56.6 Å². The van der Waals surface area contributed by atoms with Gasteiger partial charge in [-0.2, -0.15) is 4.37 Å². The Morgan fingerprint density at radius 3 is 2.49 bits per heavy atom. The third-order valence-electron chi connectivity index (χ3n) is 5.60. The number of rotatable bonds is 14. The minimum absolute atomic E-state index is 0.0196. The Hall–Kier alpha value is -2.68. The van der Waals surface area contributed by atoms with Crippen LogP contribution in [0.25, 0.3) is 0 Å².